The summed E-state index contributed by atoms with van der Waals surface area (Å²) >= 11 is 0. The quantitative estimate of drug-likeness (QED) is 0.805. The van der Waals surface area contributed by atoms with Crippen LogP contribution in [-0.2, 0) is 6.42 Å². The van der Waals surface area contributed by atoms with Gasteiger partial charge in [0.1, 0.15) is 11.6 Å². The first-order valence-corrected chi connectivity index (χ1v) is 6.99. The van der Waals surface area contributed by atoms with E-state index >= 15 is 0 Å². The van der Waals surface area contributed by atoms with E-state index in [1.807, 2.05) is 18.2 Å². The molecule has 4 nitrogen and oxygen atoms in total. The van der Waals surface area contributed by atoms with Gasteiger partial charge in [0, 0.05) is 12.5 Å². The molecule has 19 heavy (non-hydrogen) atoms. The molecule has 0 aliphatic carbocycles. The van der Waals surface area contributed by atoms with Crippen molar-refractivity contribution in [2.75, 3.05) is 13.7 Å². The molecule has 104 valence electrons. The highest BCUT2D eigenvalue weighted by Crippen LogP contribution is 2.20. The second-order valence-corrected chi connectivity index (χ2v) is 4.96. The Kier molecular flexibility index (Phi) is 4.80. The summed E-state index contributed by atoms with van der Waals surface area (Å²) in [4.78, 5) is 7.98. The molecule has 1 aromatic heterocycles. The zero-order valence-electron chi connectivity index (χ0n) is 11.8. The molecule has 0 amide bonds. The Labute approximate surface area is 114 Å². The van der Waals surface area contributed by atoms with Crippen molar-refractivity contribution in [3.63, 3.8) is 0 Å². The number of methoxy groups -OCH3 is 1. The lowest BCUT2D eigenvalue weighted by atomic mass is 9.96. The molecular weight excluding hydrogens is 238 g/mol. The highest BCUT2D eigenvalue weighted by molar-refractivity contribution is 5.76. The first-order chi connectivity index (χ1) is 9.26. The second-order valence-electron chi connectivity index (χ2n) is 4.96. The molecule has 1 unspecified atom stereocenters. The number of hydrogen-bond donors (Lipinski definition) is 2. The molecule has 0 saturated carbocycles. The number of imidazole rings is 1. The van der Waals surface area contributed by atoms with Crippen LogP contribution < -0.4 is 10.5 Å². The van der Waals surface area contributed by atoms with E-state index in [4.69, 9.17) is 10.5 Å². The zero-order valence-corrected chi connectivity index (χ0v) is 11.8. The van der Waals surface area contributed by atoms with Gasteiger partial charge in [0.25, 0.3) is 0 Å². The average molecular weight is 261 g/mol. The first-order valence-electron chi connectivity index (χ1n) is 6.99. The molecule has 1 atom stereocenters. The van der Waals surface area contributed by atoms with Crippen LogP contribution >= 0.6 is 0 Å². The highest BCUT2D eigenvalue weighted by Gasteiger charge is 2.08. The van der Waals surface area contributed by atoms with Gasteiger partial charge in [0.15, 0.2) is 0 Å². The van der Waals surface area contributed by atoms with Crippen molar-refractivity contribution in [2.24, 2.45) is 11.7 Å². The summed E-state index contributed by atoms with van der Waals surface area (Å²) < 4.78 is 5.22. The average Bonchev–Trinajstić information content (AvgIpc) is 2.84. The lowest BCUT2D eigenvalue weighted by molar-refractivity contribution is 0.415. The fourth-order valence-corrected chi connectivity index (χ4v) is 2.42. The molecule has 0 fully saturated rings. The van der Waals surface area contributed by atoms with Gasteiger partial charge in [-0.2, -0.15) is 0 Å². The summed E-state index contributed by atoms with van der Waals surface area (Å²) in [7, 11) is 1.68. The third-order valence-electron chi connectivity index (χ3n) is 3.68. The molecule has 0 aliphatic rings. The Morgan fingerprint density at radius 3 is 2.89 bits per heavy atom. The van der Waals surface area contributed by atoms with Gasteiger partial charge in [-0.1, -0.05) is 13.3 Å². The van der Waals surface area contributed by atoms with Crippen LogP contribution in [-0.4, -0.2) is 23.6 Å². The Bertz CT molecular complexity index is 521. The number of nitrogens with one attached hydrogen (secondary N) is 1. The fraction of sp³-hybridized carbons (Fsp3) is 0.533. The number of hydrogen-bond acceptors (Lipinski definition) is 3. The minimum absolute atomic E-state index is 0.702. The number of nitrogens with two attached hydrogens (primary N) is 1. The number of aromatic nitrogens is 2. The van der Waals surface area contributed by atoms with Gasteiger partial charge in [0.05, 0.1) is 18.1 Å². The van der Waals surface area contributed by atoms with E-state index in [0.717, 1.165) is 48.4 Å². The molecule has 2 aromatic rings. The summed E-state index contributed by atoms with van der Waals surface area (Å²) in [5.74, 6) is 2.61. The van der Waals surface area contributed by atoms with Crippen LogP contribution in [0.3, 0.4) is 0 Å². The van der Waals surface area contributed by atoms with Gasteiger partial charge in [-0.15, -0.1) is 0 Å². The van der Waals surface area contributed by atoms with Gasteiger partial charge in [-0.05, 0) is 37.4 Å². The number of ether oxygens (including phenoxy) is 1. The van der Waals surface area contributed by atoms with E-state index in [-0.39, 0.29) is 0 Å². The van der Waals surface area contributed by atoms with Crippen LogP contribution in [0.15, 0.2) is 18.2 Å². The van der Waals surface area contributed by atoms with Crippen LogP contribution in [0.5, 0.6) is 5.75 Å². The number of aromatic amines is 1. The number of H-pyrrole nitrogens is 1. The third kappa shape index (κ3) is 3.47. The molecule has 0 bridgehead atoms. The Morgan fingerprint density at radius 1 is 1.37 bits per heavy atom. The molecule has 4 heteroatoms. The van der Waals surface area contributed by atoms with E-state index in [2.05, 4.69) is 16.9 Å². The van der Waals surface area contributed by atoms with Crippen molar-refractivity contribution < 1.29 is 4.74 Å². The Balaban J connectivity index is 2.04. The molecule has 1 heterocycles. The maximum atomic E-state index is 5.63. The fourth-order valence-electron chi connectivity index (χ4n) is 2.42. The SMILES string of the molecule is CCC(CCN)CCc1nc2ccc(OC)cc2[nH]1. The maximum absolute atomic E-state index is 5.63. The second kappa shape index (κ2) is 6.57. The summed E-state index contributed by atoms with van der Waals surface area (Å²) in [6.07, 6.45) is 4.41. The molecule has 3 N–H and O–H groups in total. The van der Waals surface area contributed by atoms with Crippen molar-refractivity contribution in [3.05, 3.63) is 24.0 Å². The number of aryl methyl sites for hydroxylation is 1. The van der Waals surface area contributed by atoms with Gasteiger partial charge < -0.3 is 15.5 Å². The molecule has 0 saturated heterocycles. The van der Waals surface area contributed by atoms with Crippen LogP contribution in [0.2, 0.25) is 0 Å². The van der Waals surface area contributed by atoms with Crippen LogP contribution in [0, 0.1) is 5.92 Å². The Hall–Kier alpha value is -1.55. The maximum Gasteiger partial charge on any atom is 0.121 e. The molecule has 1 aromatic carbocycles. The van der Waals surface area contributed by atoms with E-state index < -0.39 is 0 Å². The largest absolute Gasteiger partial charge is 0.497 e. The lowest BCUT2D eigenvalue weighted by Gasteiger charge is -2.11. The normalized spacial score (nSPS) is 12.8. The van der Waals surface area contributed by atoms with Gasteiger partial charge in [-0.25, -0.2) is 4.98 Å². The number of rotatable bonds is 7. The Morgan fingerprint density at radius 2 is 2.21 bits per heavy atom. The van der Waals surface area contributed by atoms with Crippen molar-refractivity contribution in [1.82, 2.24) is 9.97 Å². The van der Waals surface area contributed by atoms with Crippen molar-refractivity contribution in [2.45, 2.75) is 32.6 Å². The third-order valence-corrected chi connectivity index (χ3v) is 3.68. The number of benzene rings is 1. The number of fused-ring (bicyclic) bond motifs is 1. The van der Waals surface area contributed by atoms with Gasteiger partial charge in [0.2, 0.25) is 0 Å². The summed E-state index contributed by atoms with van der Waals surface area (Å²) in [5.41, 5.74) is 7.68. The monoisotopic (exact) mass is 261 g/mol. The van der Waals surface area contributed by atoms with Crippen molar-refractivity contribution in [1.29, 1.82) is 0 Å². The molecule has 0 spiro atoms. The molecule has 2 rings (SSSR count). The minimum Gasteiger partial charge on any atom is -0.497 e. The molecule has 0 radical (unpaired) electrons. The highest BCUT2D eigenvalue weighted by atomic mass is 16.5. The minimum atomic E-state index is 0.702. The molecule has 0 aliphatic heterocycles. The summed E-state index contributed by atoms with van der Waals surface area (Å²) in [5, 5.41) is 0. The van der Waals surface area contributed by atoms with Crippen LogP contribution in [0.4, 0.5) is 0 Å². The van der Waals surface area contributed by atoms with Crippen LogP contribution in [0.25, 0.3) is 11.0 Å². The van der Waals surface area contributed by atoms with E-state index in [0.29, 0.717) is 5.92 Å². The predicted molar refractivity (Wildman–Crippen MR) is 78.4 cm³/mol. The van der Waals surface area contributed by atoms with E-state index in [1.54, 1.807) is 7.11 Å². The zero-order chi connectivity index (χ0) is 13.7. The van der Waals surface area contributed by atoms with Crippen molar-refractivity contribution in [3.8, 4) is 5.75 Å². The predicted octanol–water partition coefficient (Wildman–Crippen LogP) is 2.88. The van der Waals surface area contributed by atoms with Gasteiger partial charge in [-0.3, -0.25) is 0 Å². The summed E-state index contributed by atoms with van der Waals surface area (Å²) in [6, 6.07) is 5.92. The standard InChI is InChI=1S/C15H23N3O/c1-3-11(8-9-16)4-7-15-17-13-6-5-12(19-2)10-14(13)18-15/h5-6,10-11H,3-4,7-9,16H2,1-2H3,(H,17,18). The topological polar surface area (TPSA) is 63.9 Å². The smallest absolute Gasteiger partial charge is 0.121 e. The van der Waals surface area contributed by atoms with Gasteiger partial charge >= 0.3 is 0 Å². The van der Waals surface area contributed by atoms with Crippen molar-refractivity contribution >= 4 is 11.0 Å². The first kappa shape index (κ1) is 13.9. The lowest BCUT2D eigenvalue weighted by Crippen LogP contribution is -2.09. The summed E-state index contributed by atoms with van der Waals surface area (Å²) in [6.45, 7) is 3.00. The number of nitrogens with zero attached hydrogens (tertiary/aromatic N) is 1. The van der Waals surface area contributed by atoms with E-state index in [9.17, 15) is 0 Å². The van der Waals surface area contributed by atoms with E-state index in [1.165, 1.54) is 6.42 Å². The molecular formula is C15H23N3O. The van der Waals surface area contributed by atoms with Crippen LogP contribution in [0.1, 0.15) is 32.0 Å².